The molecule has 1 N–H and O–H groups in total. The summed E-state index contributed by atoms with van der Waals surface area (Å²) in [6, 6.07) is 0.613. The number of ether oxygens (including phenoxy) is 1. The average Bonchev–Trinajstić information content (AvgIpc) is 2.36. The Labute approximate surface area is 114 Å². The highest BCUT2D eigenvalue weighted by Crippen LogP contribution is 2.38. The van der Waals surface area contributed by atoms with Gasteiger partial charge in [-0.1, -0.05) is 19.3 Å². The Hall–Kier alpha value is 0.0700. The number of hydrogen-bond donors (Lipinski definition) is 1. The van der Waals surface area contributed by atoms with Crippen LogP contribution in [-0.2, 0) is 15.5 Å². The van der Waals surface area contributed by atoms with Crippen LogP contribution in [0.25, 0.3) is 0 Å². The minimum atomic E-state index is -0.647. The molecule has 18 heavy (non-hydrogen) atoms. The predicted octanol–water partition coefficient (Wildman–Crippen LogP) is 2.23. The molecule has 1 heterocycles. The minimum absolute atomic E-state index is 0.196. The zero-order valence-corrected chi connectivity index (χ0v) is 12.4. The van der Waals surface area contributed by atoms with E-state index >= 15 is 0 Å². The second-order valence-corrected chi connectivity index (χ2v) is 7.42. The molecular weight excluding hydrogens is 246 g/mol. The molecule has 0 aromatic rings. The molecule has 4 heteroatoms. The molecule has 0 aromatic heterocycles. The van der Waals surface area contributed by atoms with Gasteiger partial charge in [0.1, 0.15) is 0 Å². The third-order valence-electron chi connectivity index (χ3n) is 4.30. The van der Waals surface area contributed by atoms with Crippen LogP contribution in [0.1, 0.15) is 51.4 Å². The summed E-state index contributed by atoms with van der Waals surface area (Å²) in [7, 11) is -0.647. The van der Waals surface area contributed by atoms with E-state index < -0.39 is 10.8 Å². The van der Waals surface area contributed by atoms with Crippen LogP contribution in [0, 0.1) is 0 Å². The Kier molecular flexibility index (Phi) is 5.64. The van der Waals surface area contributed by atoms with E-state index in [0.29, 0.717) is 6.04 Å². The van der Waals surface area contributed by atoms with Gasteiger partial charge in [0, 0.05) is 35.5 Å². The first-order valence-electron chi connectivity index (χ1n) is 7.38. The SMILES string of the molecule is CS(=O)CCCNC1CCOC2(CCCCC2)C1. The summed E-state index contributed by atoms with van der Waals surface area (Å²) >= 11 is 0. The van der Waals surface area contributed by atoms with Crippen LogP contribution >= 0.6 is 0 Å². The molecule has 1 spiro atoms. The molecule has 2 unspecified atom stereocenters. The molecule has 1 aliphatic heterocycles. The topological polar surface area (TPSA) is 38.3 Å². The quantitative estimate of drug-likeness (QED) is 0.781. The van der Waals surface area contributed by atoms with Crippen molar-refractivity contribution < 1.29 is 8.95 Å². The van der Waals surface area contributed by atoms with Gasteiger partial charge in [-0.05, 0) is 38.6 Å². The van der Waals surface area contributed by atoms with Gasteiger partial charge in [-0.15, -0.1) is 0 Å². The van der Waals surface area contributed by atoms with Gasteiger partial charge in [0.05, 0.1) is 5.60 Å². The van der Waals surface area contributed by atoms with Crippen LogP contribution in [0.3, 0.4) is 0 Å². The normalized spacial score (nSPS) is 29.3. The third-order valence-corrected chi connectivity index (χ3v) is 5.16. The molecule has 2 atom stereocenters. The van der Waals surface area contributed by atoms with Gasteiger partial charge in [-0.3, -0.25) is 4.21 Å². The molecule has 106 valence electrons. The van der Waals surface area contributed by atoms with E-state index in [1.54, 1.807) is 6.26 Å². The molecule has 1 saturated carbocycles. The molecule has 3 nitrogen and oxygen atoms in total. The van der Waals surface area contributed by atoms with Gasteiger partial charge >= 0.3 is 0 Å². The summed E-state index contributed by atoms with van der Waals surface area (Å²) in [5.41, 5.74) is 0.196. The van der Waals surface area contributed by atoms with E-state index in [0.717, 1.165) is 31.7 Å². The summed E-state index contributed by atoms with van der Waals surface area (Å²) in [5, 5.41) is 3.63. The van der Waals surface area contributed by atoms with Gasteiger partial charge in [-0.25, -0.2) is 0 Å². The lowest BCUT2D eigenvalue weighted by Gasteiger charge is -2.43. The predicted molar refractivity (Wildman–Crippen MR) is 76.3 cm³/mol. The minimum Gasteiger partial charge on any atom is -0.375 e. The highest BCUT2D eigenvalue weighted by atomic mass is 32.2. The van der Waals surface area contributed by atoms with Crippen molar-refractivity contribution in [2.75, 3.05) is 25.2 Å². The molecule has 0 radical (unpaired) electrons. The van der Waals surface area contributed by atoms with Gasteiger partial charge in [0.2, 0.25) is 0 Å². The smallest absolute Gasteiger partial charge is 0.0697 e. The first-order chi connectivity index (χ1) is 8.70. The van der Waals surface area contributed by atoms with E-state index in [-0.39, 0.29) is 5.60 Å². The van der Waals surface area contributed by atoms with Gasteiger partial charge in [-0.2, -0.15) is 0 Å². The third kappa shape index (κ3) is 4.32. The van der Waals surface area contributed by atoms with Crippen LogP contribution in [0.2, 0.25) is 0 Å². The molecule has 0 aromatic carbocycles. The molecule has 0 bridgehead atoms. The van der Waals surface area contributed by atoms with Crippen LogP contribution < -0.4 is 5.32 Å². The van der Waals surface area contributed by atoms with Crippen molar-refractivity contribution in [3.8, 4) is 0 Å². The lowest BCUT2D eigenvalue weighted by atomic mass is 9.78. The first kappa shape index (κ1) is 14.5. The van der Waals surface area contributed by atoms with Crippen molar-refractivity contribution in [3.05, 3.63) is 0 Å². The Morgan fingerprint density at radius 1 is 1.33 bits per heavy atom. The summed E-state index contributed by atoms with van der Waals surface area (Å²) in [6.07, 6.45) is 11.7. The van der Waals surface area contributed by atoms with Gasteiger partial charge < -0.3 is 10.1 Å². The molecule has 1 saturated heterocycles. The highest BCUT2D eigenvalue weighted by molar-refractivity contribution is 7.84. The molecule has 0 amide bonds. The maximum absolute atomic E-state index is 11.0. The molecule has 2 fully saturated rings. The van der Waals surface area contributed by atoms with Crippen molar-refractivity contribution in [2.45, 2.75) is 63.0 Å². The van der Waals surface area contributed by atoms with E-state index in [9.17, 15) is 4.21 Å². The molecule has 2 aliphatic rings. The Balaban J connectivity index is 1.71. The summed E-state index contributed by atoms with van der Waals surface area (Å²) in [6.45, 7) is 1.91. The summed E-state index contributed by atoms with van der Waals surface area (Å²) in [4.78, 5) is 0. The standard InChI is InChI=1S/C14H27NO2S/c1-18(16)11-5-9-15-13-6-10-17-14(12-13)7-3-2-4-8-14/h13,15H,2-12H2,1H3. The van der Waals surface area contributed by atoms with Crippen LogP contribution in [-0.4, -0.2) is 41.0 Å². The maximum Gasteiger partial charge on any atom is 0.0697 e. The van der Waals surface area contributed by atoms with Crippen LogP contribution in [0.5, 0.6) is 0 Å². The fraction of sp³-hybridized carbons (Fsp3) is 1.00. The Morgan fingerprint density at radius 2 is 2.11 bits per heavy atom. The first-order valence-corrected chi connectivity index (χ1v) is 9.10. The molecular formula is C14H27NO2S. The van der Waals surface area contributed by atoms with Crippen molar-refractivity contribution in [1.29, 1.82) is 0 Å². The zero-order chi connectivity index (χ0) is 12.8. The summed E-state index contributed by atoms with van der Waals surface area (Å²) < 4.78 is 17.1. The Bertz CT molecular complexity index is 271. The lowest BCUT2D eigenvalue weighted by molar-refractivity contribution is -0.109. The zero-order valence-electron chi connectivity index (χ0n) is 11.6. The van der Waals surface area contributed by atoms with E-state index in [1.165, 1.54) is 38.5 Å². The van der Waals surface area contributed by atoms with Gasteiger partial charge in [0.15, 0.2) is 0 Å². The lowest BCUT2D eigenvalue weighted by Crippen LogP contribution is -2.48. The van der Waals surface area contributed by atoms with Crippen molar-refractivity contribution in [3.63, 3.8) is 0 Å². The maximum atomic E-state index is 11.0. The fourth-order valence-corrected chi connectivity index (χ4v) is 3.88. The van der Waals surface area contributed by atoms with Gasteiger partial charge in [0.25, 0.3) is 0 Å². The van der Waals surface area contributed by atoms with Crippen LogP contribution in [0.4, 0.5) is 0 Å². The number of rotatable bonds is 5. The van der Waals surface area contributed by atoms with Crippen molar-refractivity contribution in [1.82, 2.24) is 5.32 Å². The van der Waals surface area contributed by atoms with Crippen molar-refractivity contribution >= 4 is 10.8 Å². The second kappa shape index (κ2) is 7.01. The average molecular weight is 273 g/mol. The number of nitrogens with one attached hydrogen (secondary N) is 1. The fourth-order valence-electron chi connectivity index (χ4n) is 3.33. The van der Waals surface area contributed by atoms with E-state index in [4.69, 9.17) is 4.74 Å². The van der Waals surface area contributed by atoms with Crippen LogP contribution in [0.15, 0.2) is 0 Å². The van der Waals surface area contributed by atoms with E-state index in [2.05, 4.69) is 5.32 Å². The second-order valence-electron chi connectivity index (χ2n) is 5.87. The largest absolute Gasteiger partial charge is 0.375 e. The molecule has 2 rings (SSSR count). The Morgan fingerprint density at radius 3 is 2.83 bits per heavy atom. The summed E-state index contributed by atoms with van der Waals surface area (Å²) in [5.74, 6) is 0.821. The number of hydrogen-bond acceptors (Lipinski definition) is 3. The highest BCUT2D eigenvalue weighted by Gasteiger charge is 2.38. The van der Waals surface area contributed by atoms with E-state index in [1.807, 2.05) is 0 Å². The molecule has 1 aliphatic carbocycles. The van der Waals surface area contributed by atoms with Crippen molar-refractivity contribution in [2.24, 2.45) is 0 Å². The monoisotopic (exact) mass is 273 g/mol.